The fourth-order valence-corrected chi connectivity index (χ4v) is 2.61. The molecule has 1 atom stereocenters. The molecular formula is C17H14F3N3O4. The van der Waals surface area contributed by atoms with Crippen molar-refractivity contribution >= 4 is 23.5 Å². The molecule has 0 radical (unpaired) electrons. The largest absolute Gasteiger partial charge is 0.467 e. The molecule has 0 saturated carbocycles. The number of imide groups is 1. The average molecular weight is 381 g/mol. The second-order valence-corrected chi connectivity index (χ2v) is 5.79. The Labute approximate surface area is 151 Å². The molecule has 7 nitrogen and oxygen atoms in total. The minimum atomic E-state index is -1.70. The highest BCUT2D eigenvalue weighted by Crippen LogP contribution is 2.25. The highest BCUT2D eigenvalue weighted by molar-refractivity contribution is 6.21. The Hall–Kier alpha value is -3.30. The van der Waals surface area contributed by atoms with Crippen LogP contribution >= 0.6 is 0 Å². The third-order valence-electron chi connectivity index (χ3n) is 3.95. The van der Waals surface area contributed by atoms with E-state index in [9.17, 15) is 27.6 Å². The van der Waals surface area contributed by atoms with E-state index in [4.69, 9.17) is 4.42 Å². The first-order valence-electron chi connectivity index (χ1n) is 7.95. The van der Waals surface area contributed by atoms with Crippen LogP contribution in [0.15, 0.2) is 34.9 Å². The molecule has 0 bridgehead atoms. The second kappa shape index (κ2) is 7.52. The first kappa shape index (κ1) is 18.5. The van der Waals surface area contributed by atoms with Crippen LogP contribution in [0.2, 0.25) is 0 Å². The Kier molecular flexibility index (Phi) is 5.15. The number of hydrogen-bond acceptors (Lipinski definition) is 4. The Morgan fingerprint density at radius 3 is 2.56 bits per heavy atom. The predicted octanol–water partition coefficient (Wildman–Crippen LogP) is 2.22. The van der Waals surface area contributed by atoms with Crippen molar-refractivity contribution in [1.82, 2.24) is 10.6 Å². The van der Waals surface area contributed by atoms with Crippen molar-refractivity contribution in [3.05, 3.63) is 53.7 Å². The molecule has 1 aliphatic heterocycles. The molecule has 27 heavy (non-hydrogen) atoms. The Balaban J connectivity index is 1.60. The number of carbonyl (C=O) groups excluding carboxylic acids is 3. The van der Waals surface area contributed by atoms with Crippen LogP contribution in [-0.2, 0) is 16.1 Å². The van der Waals surface area contributed by atoms with Crippen LogP contribution in [0.5, 0.6) is 0 Å². The lowest BCUT2D eigenvalue weighted by molar-refractivity contribution is -0.122. The summed E-state index contributed by atoms with van der Waals surface area (Å²) in [6, 6.07) is 2.50. The van der Waals surface area contributed by atoms with Crippen LogP contribution in [0.25, 0.3) is 0 Å². The number of rotatable bonds is 6. The highest BCUT2D eigenvalue weighted by Gasteiger charge is 2.39. The average Bonchev–Trinajstić information content (AvgIpc) is 3.23. The Morgan fingerprint density at radius 1 is 1.22 bits per heavy atom. The van der Waals surface area contributed by atoms with E-state index in [0.717, 1.165) is 0 Å². The highest BCUT2D eigenvalue weighted by atomic mass is 19.2. The maximum atomic E-state index is 13.4. The number of anilines is 1. The maximum absolute atomic E-state index is 13.4. The van der Waals surface area contributed by atoms with Crippen LogP contribution < -0.4 is 15.5 Å². The molecule has 1 fully saturated rings. The summed E-state index contributed by atoms with van der Waals surface area (Å²) in [7, 11) is 0. The first-order chi connectivity index (χ1) is 12.9. The van der Waals surface area contributed by atoms with Crippen LogP contribution in [-0.4, -0.2) is 23.9 Å². The molecule has 1 aromatic carbocycles. The lowest BCUT2D eigenvalue weighted by Crippen LogP contribution is -2.32. The third kappa shape index (κ3) is 3.94. The van der Waals surface area contributed by atoms with Gasteiger partial charge in [0.05, 0.1) is 18.5 Å². The van der Waals surface area contributed by atoms with Gasteiger partial charge in [-0.25, -0.2) is 22.9 Å². The normalized spacial score (nSPS) is 16.6. The number of amides is 4. The molecule has 0 aliphatic carbocycles. The van der Waals surface area contributed by atoms with Gasteiger partial charge in [-0.2, -0.15) is 0 Å². The molecule has 2 aromatic rings. The van der Waals surface area contributed by atoms with Gasteiger partial charge >= 0.3 is 6.03 Å². The smallest absolute Gasteiger partial charge is 0.329 e. The SMILES string of the molecule is O=C(CCC1NC(=O)N(c2cc(F)c(F)c(F)c2)C1=O)NCc1ccco1. The van der Waals surface area contributed by atoms with Gasteiger partial charge < -0.3 is 15.1 Å². The van der Waals surface area contributed by atoms with Crippen LogP contribution in [0, 0.1) is 17.5 Å². The van der Waals surface area contributed by atoms with E-state index in [1.54, 1.807) is 12.1 Å². The molecule has 0 spiro atoms. The van der Waals surface area contributed by atoms with E-state index in [1.807, 2.05) is 0 Å². The monoisotopic (exact) mass is 381 g/mol. The van der Waals surface area contributed by atoms with Crippen LogP contribution in [0.4, 0.5) is 23.7 Å². The molecule has 1 unspecified atom stereocenters. The summed E-state index contributed by atoms with van der Waals surface area (Å²) in [4.78, 5) is 36.7. The van der Waals surface area contributed by atoms with E-state index in [0.29, 0.717) is 22.8 Å². The summed E-state index contributed by atoms with van der Waals surface area (Å²) < 4.78 is 44.8. The number of carbonyl (C=O) groups is 3. The molecule has 2 N–H and O–H groups in total. The van der Waals surface area contributed by atoms with Gasteiger partial charge in [0.2, 0.25) is 5.91 Å². The summed E-state index contributed by atoms with van der Waals surface area (Å²) in [5, 5.41) is 4.92. The minimum absolute atomic E-state index is 0.0166. The standard InChI is InChI=1S/C17H14F3N3O4/c18-11-6-9(7-12(19)15(11)20)23-16(25)13(22-17(23)26)3-4-14(24)21-8-10-2-1-5-27-10/h1-2,5-7,13H,3-4,8H2,(H,21,24)(H,22,26). The first-order valence-corrected chi connectivity index (χ1v) is 7.95. The number of nitrogens with one attached hydrogen (secondary N) is 2. The van der Waals surface area contributed by atoms with Gasteiger partial charge in [-0.1, -0.05) is 0 Å². The maximum Gasteiger partial charge on any atom is 0.329 e. The molecule has 1 saturated heterocycles. The van der Waals surface area contributed by atoms with Crippen LogP contribution in [0.3, 0.4) is 0 Å². The van der Waals surface area contributed by atoms with Crippen molar-refractivity contribution in [3.8, 4) is 0 Å². The fourth-order valence-electron chi connectivity index (χ4n) is 2.61. The van der Waals surface area contributed by atoms with Gasteiger partial charge in [-0.15, -0.1) is 0 Å². The molecule has 4 amide bonds. The van der Waals surface area contributed by atoms with Crippen molar-refractivity contribution in [2.75, 3.05) is 4.90 Å². The lowest BCUT2D eigenvalue weighted by Gasteiger charge is -2.13. The number of nitrogens with zero attached hydrogens (tertiary/aromatic N) is 1. The zero-order valence-corrected chi connectivity index (χ0v) is 13.8. The fraction of sp³-hybridized carbons (Fsp3) is 0.235. The Bertz CT molecular complexity index is 863. The number of urea groups is 1. The van der Waals surface area contributed by atoms with Gasteiger partial charge in [0, 0.05) is 18.6 Å². The minimum Gasteiger partial charge on any atom is -0.467 e. The van der Waals surface area contributed by atoms with Gasteiger partial charge in [0.15, 0.2) is 17.5 Å². The number of halogens is 3. The number of furan rings is 1. The van der Waals surface area contributed by atoms with E-state index in [2.05, 4.69) is 10.6 Å². The van der Waals surface area contributed by atoms with Crippen molar-refractivity contribution in [3.63, 3.8) is 0 Å². The van der Waals surface area contributed by atoms with Crippen molar-refractivity contribution in [2.45, 2.75) is 25.4 Å². The second-order valence-electron chi connectivity index (χ2n) is 5.79. The zero-order valence-electron chi connectivity index (χ0n) is 13.8. The molecule has 3 rings (SSSR count). The van der Waals surface area contributed by atoms with Gasteiger partial charge in [-0.05, 0) is 18.6 Å². The summed E-state index contributed by atoms with van der Waals surface area (Å²) in [6.07, 6.45) is 1.37. The van der Waals surface area contributed by atoms with Crippen molar-refractivity contribution in [1.29, 1.82) is 0 Å². The zero-order chi connectivity index (χ0) is 19.6. The van der Waals surface area contributed by atoms with Gasteiger partial charge in [0.25, 0.3) is 5.91 Å². The van der Waals surface area contributed by atoms with Crippen molar-refractivity contribution < 1.29 is 32.0 Å². The van der Waals surface area contributed by atoms with Gasteiger partial charge in [-0.3, -0.25) is 9.59 Å². The molecule has 1 aromatic heterocycles. The molecule has 1 aliphatic rings. The molecule has 10 heteroatoms. The van der Waals surface area contributed by atoms with Crippen molar-refractivity contribution in [2.24, 2.45) is 0 Å². The molecule has 2 heterocycles. The number of benzene rings is 1. The molecular weight excluding hydrogens is 367 g/mol. The lowest BCUT2D eigenvalue weighted by atomic mass is 10.1. The molecule has 142 valence electrons. The number of hydrogen-bond donors (Lipinski definition) is 2. The third-order valence-corrected chi connectivity index (χ3v) is 3.95. The topological polar surface area (TPSA) is 91.7 Å². The van der Waals surface area contributed by atoms with E-state index >= 15 is 0 Å². The summed E-state index contributed by atoms with van der Waals surface area (Å²) in [6.45, 7) is 0.178. The predicted molar refractivity (Wildman–Crippen MR) is 85.9 cm³/mol. The van der Waals surface area contributed by atoms with E-state index < -0.39 is 41.1 Å². The summed E-state index contributed by atoms with van der Waals surface area (Å²) in [5.41, 5.74) is -0.432. The summed E-state index contributed by atoms with van der Waals surface area (Å²) >= 11 is 0. The van der Waals surface area contributed by atoms with Crippen LogP contribution in [0.1, 0.15) is 18.6 Å². The quantitative estimate of drug-likeness (QED) is 0.593. The van der Waals surface area contributed by atoms with E-state index in [-0.39, 0.29) is 25.3 Å². The van der Waals surface area contributed by atoms with Gasteiger partial charge in [0.1, 0.15) is 11.8 Å². The van der Waals surface area contributed by atoms with E-state index in [1.165, 1.54) is 6.26 Å². The Morgan fingerprint density at radius 2 is 1.93 bits per heavy atom. The summed E-state index contributed by atoms with van der Waals surface area (Å²) in [5.74, 6) is -5.34.